The van der Waals surface area contributed by atoms with Crippen LogP contribution >= 0.6 is 23.4 Å². The van der Waals surface area contributed by atoms with Crippen molar-refractivity contribution >= 4 is 47.4 Å². The molecule has 3 rings (SSSR count). The molecule has 0 aliphatic carbocycles. The number of halogens is 1. The first kappa shape index (κ1) is 27.7. The van der Waals surface area contributed by atoms with Crippen molar-refractivity contribution in [3.63, 3.8) is 0 Å². The molecule has 0 saturated carbocycles. The van der Waals surface area contributed by atoms with E-state index < -0.39 is 17.9 Å². The molecule has 0 aliphatic rings. The summed E-state index contributed by atoms with van der Waals surface area (Å²) in [6.07, 6.45) is 9.35. The topological polar surface area (TPSA) is 79.3 Å². The largest absolute Gasteiger partial charge is 1.00 e. The number of aryl methyl sites for hydroxylation is 1. The van der Waals surface area contributed by atoms with E-state index in [1.165, 1.54) is 0 Å². The summed E-state index contributed by atoms with van der Waals surface area (Å²) in [5, 5.41) is 12.8. The van der Waals surface area contributed by atoms with E-state index in [4.69, 9.17) is 11.6 Å². The Morgan fingerprint density at radius 3 is 2.62 bits per heavy atom. The molecule has 1 unspecified atom stereocenters. The molecule has 0 spiro atoms. The van der Waals surface area contributed by atoms with Gasteiger partial charge in [-0.1, -0.05) is 54.1 Å². The van der Waals surface area contributed by atoms with Crippen molar-refractivity contribution in [1.82, 2.24) is 10.3 Å². The Bertz CT molecular complexity index is 1190. The van der Waals surface area contributed by atoms with Crippen LogP contribution in [0.5, 0.6) is 0 Å². The summed E-state index contributed by atoms with van der Waals surface area (Å²) in [5.41, 5.74) is 4.75. The second-order valence-electron chi connectivity index (χ2n) is 7.50. The van der Waals surface area contributed by atoms with Crippen LogP contribution in [0.1, 0.15) is 34.9 Å². The maximum absolute atomic E-state index is 13.1. The van der Waals surface area contributed by atoms with Crippen LogP contribution in [0.15, 0.2) is 60.9 Å². The third kappa shape index (κ3) is 7.25. The Labute approximate surface area is 222 Å². The van der Waals surface area contributed by atoms with Crippen LogP contribution in [0, 0.1) is 6.92 Å². The van der Waals surface area contributed by atoms with E-state index in [-0.39, 0.29) is 20.3 Å². The zero-order chi connectivity index (χ0) is 23.8. The number of nitrogens with zero attached hydrogens (tertiary/aromatic N) is 1. The van der Waals surface area contributed by atoms with Gasteiger partial charge in [0.05, 0.1) is 5.02 Å². The SMILES string of the molecule is CSCCC(NC(=O)c1ccc(/C=C/c2cnccc2Cl)cc1-c1ccccc1C)C(=O)O.[H-].[Li+]. The van der Waals surface area contributed by atoms with Crippen LogP contribution in [0.25, 0.3) is 23.3 Å². The van der Waals surface area contributed by atoms with Crippen molar-refractivity contribution in [3.8, 4) is 11.1 Å². The van der Waals surface area contributed by atoms with Crippen LogP contribution < -0.4 is 24.2 Å². The summed E-state index contributed by atoms with van der Waals surface area (Å²) in [6.45, 7) is 1.98. The zero-order valence-electron chi connectivity index (χ0n) is 20.4. The van der Waals surface area contributed by atoms with Crippen molar-refractivity contribution < 1.29 is 35.0 Å². The van der Waals surface area contributed by atoms with Gasteiger partial charge in [0, 0.05) is 23.5 Å². The second-order valence-corrected chi connectivity index (χ2v) is 8.89. The van der Waals surface area contributed by atoms with Crippen molar-refractivity contribution in [3.05, 3.63) is 88.2 Å². The summed E-state index contributed by atoms with van der Waals surface area (Å²) >= 11 is 7.76. The number of carbonyl (C=O) groups excluding carboxylic acids is 1. The van der Waals surface area contributed by atoms with E-state index in [0.29, 0.717) is 22.8 Å². The molecular formula is C26H26ClLiN2O3S. The summed E-state index contributed by atoms with van der Waals surface area (Å²) in [6, 6.07) is 14.1. The Balaban J connectivity index is 0.00000306. The number of amides is 1. The smallest absolute Gasteiger partial charge is 1.00 e. The Morgan fingerprint density at radius 2 is 1.94 bits per heavy atom. The van der Waals surface area contributed by atoms with Crippen LogP contribution in [0.2, 0.25) is 5.02 Å². The van der Waals surface area contributed by atoms with Gasteiger partial charge in [-0.3, -0.25) is 9.78 Å². The molecule has 3 aromatic rings. The van der Waals surface area contributed by atoms with Gasteiger partial charge in [-0.2, -0.15) is 11.8 Å². The predicted octanol–water partition coefficient (Wildman–Crippen LogP) is 2.93. The number of hydrogen-bond acceptors (Lipinski definition) is 4. The fraction of sp³-hybridized carbons (Fsp3) is 0.192. The minimum absolute atomic E-state index is 0. The van der Waals surface area contributed by atoms with Crippen molar-refractivity contribution in [2.75, 3.05) is 12.0 Å². The molecule has 34 heavy (non-hydrogen) atoms. The number of benzene rings is 2. The molecule has 2 aromatic carbocycles. The number of thioether (sulfide) groups is 1. The average Bonchev–Trinajstić information content (AvgIpc) is 2.81. The van der Waals surface area contributed by atoms with Crippen molar-refractivity contribution in [2.24, 2.45) is 0 Å². The standard InChI is InChI=1S/C26H25ClN2O3S.Li.H/c1-17-5-3-4-6-20(17)22-15-18(7-9-19-16-28-13-11-23(19)27)8-10-21(22)25(30)29-24(26(31)32)12-14-33-2;;/h3-11,13,15-16,24H,12,14H2,1-2H3,(H,29,30)(H,31,32);;/q;+1;-1/b9-7+;;. The Hall–Kier alpha value is -2.49. The number of carbonyl (C=O) groups is 2. The van der Waals surface area contributed by atoms with Gasteiger partial charge in [0.15, 0.2) is 0 Å². The minimum Gasteiger partial charge on any atom is -1.00 e. The number of carboxylic acid groups (broad SMARTS) is 1. The molecule has 0 radical (unpaired) electrons. The van der Waals surface area contributed by atoms with Crippen LogP contribution in [-0.2, 0) is 4.79 Å². The molecule has 0 bridgehead atoms. The van der Waals surface area contributed by atoms with Crippen molar-refractivity contribution in [1.29, 1.82) is 0 Å². The second kappa shape index (κ2) is 13.4. The van der Waals surface area contributed by atoms with Gasteiger partial charge >= 0.3 is 24.8 Å². The Morgan fingerprint density at radius 1 is 1.18 bits per heavy atom. The molecule has 8 heteroatoms. The van der Waals surface area contributed by atoms with Crippen molar-refractivity contribution in [2.45, 2.75) is 19.4 Å². The van der Waals surface area contributed by atoms with Crippen LogP contribution in [-0.4, -0.2) is 40.0 Å². The van der Waals surface area contributed by atoms with Gasteiger partial charge in [0.1, 0.15) is 6.04 Å². The molecule has 1 aromatic heterocycles. The van der Waals surface area contributed by atoms with Gasteiger partial charge < -0.3 is 11.8 Å². The molecule has 0 saturated heterocycles. The summed E-state index contributed by atoms with van der Waals surface area (Å²) < 4.78 is 0. The molecule has 0 fully saturated rings. The van der Waals surface area contributed by atoms with E-state index in [0.717, 1.165) is 27.8 Å². The molecular weight excluding hydrogens is 463 g/mol. The van der Waals surface area contributed by atoms with Crippen LogP contribution in [0.4, 0.5) is 0 Å². The number of nitrogens with one attached hydrogen (secondary N) is 1. The maximum atomic E-state index is 13.1. The van der Waals surface area contributed by atoms with E-state index in [2.05, 4.69) is 10.3 Å². The molecule has 2 N–H and O–H groups in total. The summed E-state index contributed by atoms with van der Waals surface area (Å²) in [4.78, 5) is 28.9. The van der Waals surface area contributed by atoms with E-state index in [9.17, 15) is 14.7 Å². The quantitative estimate of drug-likeness (QED) is 0.453. The predicted molar refractivity (Wildman–Crippen MR) is 138 cm³/mol. The first-order valence-corrected chi connectivity index (χ1v) is 12.2. The number of rotatable bonds is 9. The molecule has 5 nitrogen and oxygen atoms in total. The van der Waals surface area contributed by atoms with E-state index >= 15 is 0 Å². The number of aliphatic carboxylic acids is 1. The van der Waals surface area contributed by atoms with E-state index in [1.54, 1.807) is 36.3 Å². The minimum atomic E-state index is -1.04. The van der Waals surface area contributed by atoms with E-state index in [1.807, 2.05) is 61.7 Å². The van der Waals surface area contributed by atoms with Gasteiger partial charge in [-0.15, -0.1) is 0 Å². The number of hydrogen-bond donors (Lipinski definition) is 2. The molecule has 172 valence electrons. The molecule has 0 aliphatic heterocycles. The first-order chi connectivity index (χ1) is 15.9. The normalized spacial score (nSPS) is 11.6. The maximum Gasteiger partial charge on any atom is 1.00 e. The van der Waals surface area contributed by atoms with Gasteiger partial charge in [-0.25, -0.2) is 4.79 Å². The average molecular weight is 489 g/mol. The molecule has 1 amide bonds. The number of aromatic nitrogens is 1. The van der Waals surface area contributed by atoms with Gasteiger partial charge in [0.2, 0.25) is 0 Å². The van der Waals surface area contributed by atoms with Gasteiger partial charge in [-0.05, 0) is 65.8 Å². The third-order valence-corrected chi connectivity index (χ3v) is 6.18. The molecule has 1 atom stereocenters. The molecule has 1 heterocycles. The summed E-state index contributed by atoms with van der Waals surface area (Å²) in [7, 11) is 0. The third-order valence-electron chi connectivity index (χ3n) is 5.19. The Kier molecular flexibility index (Phi) is 10.9. The first-order valence-electron chi connectivity index (χ1n) is 10.4. The van der Waals surface area contributed by atoms with Crippen LogP contribution in [0.3, 0.4) is 0 Å². The monoisotopic (exact) mass is 488 g/mol. The number of carboxylic acids is 1. The fourth-order valence-electron chi connectivity index (χ4n) is 3.39. The zero-order valence-corrected chi connectivity index (χ0v) is 21.0. The fourth-order valence-corrected chi connectivity index (χ4v) is 4.03. The summed E-state index contributed by atoms with van der Waals surface area (Å²) in [5.74, 6) is -0.807. The number of pyridine rings is 1. The van der Waals surface area contributed by atoms with Gasteiger partial charge in [0.25, 0.3) is 5.91 Å².